The molecule has 0 bridgehead atoms. The van der Waals surface area contributed by atoms with Gasteiger partial charge in [0.05, 0.1) is 24.3 Å². The third-order valence-electron chi connectivity index (χ3n) is 3.47. The van der Waals surface area contributed by atoms with Crippen molar-refractivity contribution < 1.29 is 24.2 Å². The van der Waals surface area contributed by atoms with Crippen LogP contribution in [0.4, 0.5) is 0 Å². The fraction of sp³-hybridized carbons (Fsp3) is 0.308. The first kappa shape index (κ1) is 11.9. The highest BCUT2D eigenvalue weighted by atomic mass is 16.5. The molecule has 19 heavy (non-hydrogen) atoms. The van der Waals surface area contributed by atoms with Crippen molar-refractivity contribution in [3.63, 3.8) is 0 Å². The fourth-order valence-electron chi connectivity index (χ4n) is 2.42. The Morgan fingerprint density at radius 3 is 2.11 bits per heavy atom. The van der Waals surface area contributed by atoms with Crippen molar-refractivity contribution in [2.45, 2.75) is 6.04 Å². The van der Waals surface area contributed by atoms with Gasteiger partial charge < -0.3 is 9.84 Å². The van der Waals surface area contributed by atoms with E-state index in [9.17, 15) is 19.5 Å². The lowest BCUT2D eigenvalue weighted by Crippen LogP contribution is -2.54. The van der Waals surface area contributed by atoms with E-state index in [0.29, 0.717) is 0 Å². The summed E-state index contributed by atoms with van der Waals surface area (Å²) in [5, 5.41) is 9.28. The molecule has 2 amide bonds. The number of ether oxygens (including phenoxy) is 1. The van der Waals surface area contributed by atoms with E-state index in [1.165, 1.54) is 12.1 Å². The molecule has 1 aromatic carbocycles. The zero-order chi connectivity index (χ0) is 13.6. The second-order valence-corrected chi connectivity index (χ2v) is 4.61. The number of hydrogen-bond acceptors (Lipinski definition) is 4. The van der Waals surface area contributed by atoms with Crippen LogP contribution >= 0.6 is 0 Å². The summed E-state index contributed by atoms with van der Waals surface area (Å²) in [5.74, 6) is -2.60. The SMILES string of the molecule is O=C(O)C(C1COC1)N1C(=O)c2ccccc2C1=O. The third-order valence-corrected chi connectivity index (χ3v) is 3.47. The van der Waals surface area contributed by atoms with E-state index in [4.69, 9.17) is 4.74 Å². The van der Waals surface area contributed by atoms with Gasteiger partial charge in [-0.3, -0.25) is 14.5 Å². The molecule has 0 radical (unpaired) electrons. The molecule has 1 aromatic rings. The smallest absolute Gasteiger partial charge is 0.327 e. The molecule has 1 saturated heterocycles. The molecule has 1 fully saturated rings. The molecule has 0 aromatic heterocycles. The van der Waals surface area contributed by atoms with Crippen LogP contribution in [0, 0.1) is 5.92 Å². The number of carboxylic acid groups (broad SMARTS) is 1. The van der Waals surface area contributed by atoms with Gasteiger partial charge in [-0.25, -0.2) is 4.79 Å². The number of carboxylic acids is 1. The van der Waals surface area contributed by atoms with Crippen molar-refractivity contribution in [1.29, 1.82) is 0 Å². The summed E-state index contributed by atoms with van der Waals surface area (Å²) in [6.07, 6.45) is 0. The number of benzene rings is 1. The maximum Gasteiger partial charge on any atom is 0.327 e. The minimum atomic E-state index is -1.18. The van der Waals surface area contributed by atoms with Crippen molar-refractivity contribution in [3.8, 4) is 0 Å². The highest BCUT2D eigenvalue weighted by molar-refractivity contribution is 6.22. The average molecular weight is 261 g/mol. The van der Waals surface area contributed by atoms with Gasteiger partial charge in [0.15, 0.2) is 0 Å². The lowest BCUT2D eigenvalue weighted by Gasteiger charge is -2.35. The van der Waals surface area contributed by atoms with Gasteiger partial charge in [0.2, 0.25) is 0 Å². The minimum absolute atomic E-state index is 0.254. The molecular formula is C13H11NO5. The van der Waals surface area contributed by atoms with Gasteiger partial charge in [-0.15, -0.1) is 0 Å². The highest BCUT2D eigenvalue weighted by Gasteiger charge is 2.47. The topological polar surface area (TPSA) is 83.9 Å². The van der Waals surface area contributed by atoms with Crippen LogP contribution in [0.3, 0.4) is 0 Å². The normalized spacial score (nSPS) is 20.1. The molecule has 2 aliphatic heterocycles. The van der Waals surface area contributed by atoms with Crippen LogP contribution in [0.1, 0.15) is 20.7 Å². The first-order valence-electron chi connectivity index (χ1n) is 5.88. The van der Waals surface area contributed by atoms with Crippen molar-refractivity contribution in [1.82, 2.24) is 4.90 Å². The number of carbonyl (C=O) groups is 3. The zero-order valence-electron chi connectivity index (χ0n) is 9.91. The van der Waals surface area contributed by atoms with Crippen molar-refractivity contribution >= 4 is 17.8 Å². The Labute approximate surface area is 108 Å². The van der Waals surface area contributed by atoms with E-state index in [1.54, 1.807) is 12.1 Å². The van der Waals surface area contributed by atoms with Crippen LogP contribution in [0.2, 0.25) is 0 Å². The molecule has 2 heterocycles. The number of imide groups is 1. The summed E-state index contributed by atoms with van der Waals surface area (Å²) in [4.78, 5) is 36.6. The molecule has 0 saturated carbocycles. The van der Waals surface area contributed by atoms with Gasteiger partial charge in [-0.1, -0.05) is 12.1 Å². The van der Waals surface area contributed by atoms with Gasteiger partial charge in [-0.2, -0.15) is 0 Å². The molecule has 6 nitrogen and oxygen atoms in total. The van der Waals surface area contributed by atoms with Crippen molar-refractivity contribution in [2.75, 3.05) is 13.2 Å². The van der Waals surface area contributed by atoms with E-state index in [-0.39, 0.29) is 30.3 Å². The van der Waals surface area contributed by atoms with E-state index < -0.39 is 23.8 Å². The van der Waals surface area contributed by atoms with Gasteiger partial charge in [-0.05, 0) is 12.1 Å². The van der Waals surface area contributed by atoms with E-state index in [2.05, 4.69) is 0 Å². The number of hydrogen-bond donors (Lipinski definition) is 1. The second-order valence-electron chi connectivity index (χ2n) is 4.61. The molecule has 3 rings (SSSR count). The molecular weight excluding hydrogens is 250 g/mol. The van der Waals surface area contributed by atoms with Gasteiger partial charge >= 0.3 is 5.97 Å². The van der Waals surface area contributed by atoms with Gasteiger partial charge in [0.25, 0.3) is 11.8 Å². The molecule has 98 valence electrons. The quantitative estimate of drug-likeness (QED) is 0.795. The van der Waals surface area contributed by atoms with Crippen LogP contribution in [0.15, 0.2) is 24.3 Å². The van der Waals surface area contributed by atoms with Crippen LogP contribution < -0.4 is 0 Å². The predicted molar refractivity (Wildman–Crippen MR) is 62.7 cm³/mol. The molecule has 6 heteroatoms. The van der Waals surface area contributed by atoms with Crippen molar-refractivity contribution in [2.24, 2.45) is 5.92 Å². The van der Waals surface area contributed by atoms with Gasteiger partial charge in [0, 0.05) is 5.92 Å². The maximum atomic E-state index is 12.2. The summed E-state index contributed by atoms with van der Waals surface area (Å²) in [5.41, 5.74) is 0.526. The molecule has 1 N–H and O–H groups in total. The Kier molecular flexibility index (Phi) is 2.60. The molecule has 1 atom stereocenters. The number of fused-ring (bicyclic) bond motifs is 1. The first-order valence-corrected chi connectivity index (χ1v) is 5.88. The summed E-state index contributed by atoms with van der Waals surface area (Å²) >= 11 is 0. The average Bonchev–Trinajstić information content (AvgIpc) is 2.58. The lowest BCUT2D eigenvalue weighted by atomic mass is 9.96. The lowest BCUT2D eigenvalue weighted by molar-refractivity contribution is -0.151. The second kappa shape index (κ2) is 4.17. The summed E-state index contributed by atoms with van der Waals surface area (Å²) in [6.45, 7) is 0.509. The van der Waals surface area contributed by atoms with Crippen LogP contribution in [-0.4, -0.2) is 47.0 Å². The number of rotatable bonds is 3. The molecule has 0 aliphatic carbocycles. The standard InChI is InChI=1S/C13H11NO5/c15-11-8-3-1-2-4-9(8)12(16)14(11)10(13(17)18)7-5-19-6-7/h1-4,7,10H,5-6H2,(H,17,18). The Hall–Kier alpha value is -2.21. The van der Waals surface area contributed by atoms with Gasteiger partial charge in [0.1, 0.15) is 6.04 Å². The Balaban J connectivity index is 2.00. The molecule has 1 unspecified atom stereocenters. The van der Waals surface area contributed by atoms with E-state index >= 15 is 0 Å². The molecule has 0 spiro atoms. The predicted octanol–water partition coefficient (Wildman–Crippen LogP) is 0.382. The van der Waals surface area contributed by atoms with Crippen molar-refractivity contribution in [3.05, 3.63) is 35.4 Å². The maximum absolute atomic E-state index is 12.2. The fourth-order valence-corrected chi connectivity index (χ4v) is 2.42. The summed E-state index contributed by atoms with van der Waals surface area (Å²) < 4.78 is 4.96. The van der Waals surface area contributed by atoms with E-state index in [1.807, 2.05) is 0 Å². The Morgan fingerprint density at radius 1 is 1.21 bits per heavy atom. The number of aliphatic carboxylic acids is 1. The number of amides is 2. The highest BCUT2D eigenvalue weighted by Crippen LogP contribution is 2.29. The summed E-state index contributed by atoms with van der Waals surface area (Å²) in [6, 6.07) is 5.21. The number of nitrogens with zero attached hydrogens (tertiary/aromatic N) is 1. The van der Waals surface area contributed by atoms with Crippen LogP contribution in [0.25, 0.3) is 0 Å². The number of carbonyl (C=O) groups excluding carboxylic acids is 2. The molecule has 2 aliphatic rings. The summed E-state index contributed by atoms with van der Waals surface area (Å²) in [7, 11) is 0. The Morgan fingerprint density at radius 2 is 1.74 bits per heavy atom. The zero-order valence-corrected chi connectivity index (χ0v) is 9.91. The first-order chi connectivity index (χ1) is 9.11. The van der Waals surface area contributed by atoms with E-state index in [0.717, 1.165) is 4.90 Å². The third kappa shape index (κ3) is 1.64. The largest absolute Gasteiger partial charge is 0.480 e. The van der Waals surface area contributed by atoms with Crippen LogP contribution in [0.5, 0.6) is 0 Å². The minimum Gasteiger partial charge on any atom is -0.480 e. The van der Waals surface area contributed by atoms with Crippen LogP contribution in [-0.2, 0) is 9.53 Å². The monoisotopic (exact) mass is 261 g/mol. The Bertz CT molecular complexity index is 543.